The van der Waals surface area contributed by atoms with Crippen LogP contribution in [-0.4, -0.2) is 9.13 Å². The molecule has 0 saturated heterocycles. The van der Waals surface area contributed by atoms with Crippen LogP contribution in [0.3, 0.4) is 0 Å². The first-order valence-electron chi connectivity index (χ1n) is 26.5. The van der Waals surface area contributed by atoms with Crippen LogP contribution >= 0.6 is 0 Å². The first kappa shape index (κ1) is 51.2. The van der Waals surface area contributed by atoms with Crippen molar-refractivity contribution in [3.8, 4) is 115 Å². The van der Waals surface area contributed by atoms with Crippen LogP contribution in [0, 0.1) is 68.0 Å². The largest absolute Gasteiger partial charge is 0.416 e. The molecule has 2 aromatic heterocycles. The molecule has 0 radical (unpaired) electrons. The Morgan fingerprint density at radius 2 is 0.655 bits per heavy atom. The van der Waals surface area contributed by atoms with E-state index in [1.807, 2.05) is 133 Å². The summed E-state index contributed by atoms with van der Waals surface area (Å²) in [5.74, 6) is 0. The summed E-state index contributed by atoms with van der Waals surface area (Å²) < 4.78 is 48.1. The number of fused-ring (bicyclic) bond motifs is 6. The lowest BCUT2D eigenvalue weighted by Gasteiger charge is -2.21. The molecule has 0 amide bonds. The highest BCUT2D eigenvalue weighted by Crippen LogP contribution is 2.46. The van der Waals surface area contributed by atoms with E-state index < -0.39 is 11.7 Å². The van der Waals surface area contributed by atoms with E-state index in [9.17, 15) is 44.7 Å². The first-order valence-corrected chi connectivity index (χ1v) is 26.5. The minimum Gasteiger partial charge on any atom is -0.309 e. The average molecular weight is 1080 g/mol. The molecule has 0 unspecified atom stereocenters. The summed E-state index contributed by atoms with van der Waals surface area (Å²) in [5.41, 5.74) is 13.3. The van der Waals surface area contributed by atoms with Crippen LogP contribution in [0.15, 0.2) is 224 Å². The summed E-state index contributed by atoms with van der Waals surface area (Å²) in [6.45, 7) is 0. The Morgan fingerprint density at radius 1 is 0.286 bits per heavy atom. The Hall–Kier alpha value is -12.3. The summed E-state index contributed by atoms with van der Waals surface area (Å²) >= 11 is 0. The fourth-order valence-electron chi connectivity index (χ4n) is 11.6. The zero-order chi connectivity index (χ0) is 57.8. The van der Waals surface area contributed by atoms with Crippen molar-refractivity contribution in [1.82, 2.24) is 9.13 Å². The molecular formula is C73H37F3N8. The van der Waals surface area contributed by atoms with Gasteiger partial charge in [0.05, 0.1) is 109 Å². The molecular weight excluding hydrogens is 1050 g/mol. The average Bonchev–Trinajstić information content (AvgIpc) is 1.78. The highest BCUT2D eigenvalue weighted by Gasteiger charge is 2.32. The Kier molecular flexibility index (Phi) is 12.5. The maximum Gasteiger partial charge on any atom is 0.416 e. The van der Waals surface area contributed by atoms with Crippen LogP contribution in [0.25, 0.3) is 122 Å². The quantitative estimate of drug-likeness (QED) is 0.148. The SMILES string of the molecule is N#Cc1cccc(-c2ccc3c(c2)c2cc(-c4cccc(C#N)c4)ccc2n3-c2ccc(-c3cc(C(F)(F)F)ccc3C#N)cc2-c2c(C#N)cccc2-n2c3ccc(-c4cccc(C#N)c4)cc3c3cc(-c4cccc(C#N)c4)ccc32)c1. The molecule has 0 spiro atoms. The second kappa shape index (κ2) is 20.4. The minimum atomic E-state index is -4.73. The molecule has 0 aliphatic carbocycles. The molecule has 0 aliphatic heterocycles. The van der Waals surface area contributed by atoms with E-state index in [1.165, 1.54) is 6.07 Å². The lowest BCUT2D eigenvalue weighted by atomic mass is 9.91. The molecule has 13 aromatic rings. The van der Waals surface area contributed by atoms with Gasteiger partial charge >= 0.3 is 6.18 Å². The van der Waals surface area contributed by atoms with Gasteiger partial charge in [0.1, 0.15) is 0 Å². The second-order valence-electron chi connectivity index (χ2n) is 20.3. The maximum atomic E-state index is 14.7. The maximum absolute atomic E-state index is 14.7. The highest BCUT2D eigenvalue weighted by atomic mass is 19.4. The molecule has 8 nitrogen and oxygen atoms in total. The first-order chi connectivity index (χ1) is 41.0. The molecule has 11 heteroatoms. The number of alkyl halides is 3. The van der Waals surface area contributed by atoms with Crippen molar-refractivity contribution in [1.29, 1.82) is 31.6 Å². The predicted octanol–water partition coefficient (Wildman–Crippen LogP) is 18.1. The predicted molar refractivity (Wildman–Crippen MR) is 321 cm³/mol. The summed E-state index contributed by atoms with van der Waals surface area (Å²) in [6, 6.07) is 81.0. The number of aromatic nitrogens is 2. The standard InChI is InChI=1S/C73H37F3N8/c74-73(75,76)59-22-16-57(42-81)60(37-59)56-21-27-70(83-66-23-17-52(48-10-1-6-44(28-48)38-77)32-61(66)62-33-53(18-24-67(62)83)49-11-2-7-45(29-49)39-78)65(36-56)72-58(43-82)14-5-15-71(72)84-68-25-19-54(50-12-3-8-46(30-50)40-79)34-63(68)64-35-55(20-26-69(64)84)51-13-4-9-47(31-51)41-80/h1-37H. The van der Waals surface area contributed by atoms with E-state index >= 15 is 0 Å². The molecule has 0 atom stereocenters. The Morgan fingerprint density at radius 3 is 1.04 bits per heavy atom. The van der Waals surface area contributed by atoms with Gasteiger partial charge in [0.25, 0.3) is 0 Å². The summed E-state index contributed by atoms with van der Waals surface area (Å²) in [4.78, 5) is 0. The molecule has 0 saturated carbocycles. The molecule has 2 heterocycles. The molecule has 13 rings (SSSR count). The number of nitrogens with zero attached hydrogens (tertiary/aromatic N) is 8. The van der Waals surface area contributed by atoms with Crippen LogP contribution in [0.1, 0.15) is 38.9 Å². The van der Waals surface area contributed by atoms with Gasteiger partial charge in [0.15, 0.2) is 0 Å². The number of nitriles is 6. The van der Waals surface area contributed by atoms with Gasteiger partial charge in [-0.25, -0.2) is 0 Å². The van der Waals surface area contributed by atoms with Gasteiger partial charge < -0.3 is 9.13 Å². The Labute approximate surface area is 479 Å². The Bertz CT molecular complexity index is 5000. The van der Waals surface area contributed by atoms with E-state index in [2.05, 4.69) is 69.8 Å². The van der Waals surface area contributed by atoms with E-state index in [1.54, 1.807) is 48.5 Å². The summed E-state index contributed by atoms with van der Waals surface area (Å²) in [7, 11) is 0. The van der Waals surface area contributed by atoms with Crippen LogP contribution in [-0.2, 0) is 6.18 Å². The van der Waals surface area contributed by atoms with Gasteiger partial charge in [-0.05, 0) is 190 Å². The van der Waals surface area contributed by atoms with Crippen LogP contribution in [0.4, 0.5) is 13.2 Å². The molecule has 0 bridgehead atoms. The van der Waals surface area contributed by atoms with Crippen molar-refractivity contribution in [2.75, 3.05) is 0 Å². The number of halogens is 3. The Balaban J connectivity index is 1.14. The van der Waals surface area contributed by atoms with Gasteiger partial charge in [-0.3, -0.25) is 0 Å². The third kappa shape index (κ3) is 8.78. The number of hydrogen-bond donors (Lipinski definition) is 0. The molecule has 11 aromatic carbocycles. The molecule has 390 valence electrons. The van der Waals surface area contributed by atoms with Crippen LogP contribution < -0.4 is 0 Å². The summed E-state index contributed by atoms with van der Waals surface area (Å²) in [6.07, 6.45) is -4.73. The van der Waals surface area contributed by atoms with Crippen molar-refractivity contribution >= 4 is 43.6 Å². The zero-order valence-electron chi connectivity index (χ0n) is 44.1. The van der Waals surface area contributed by atoms with Crippen molar-refractivity contribution in [2.24, 2.45) is 0 Å². The van der Waals surface area contributed by atoms with E-state index in [-0.39, 0.29) is 16.7 Å². The van der Waals surface area contributed by atoms with Gasteiger partial charge in [0, 0.05) is 38.2 Å². The van der Waals surface area contributed by atoms with Crippen molar-refractivity contribution in [2.45, 2.75) is 6.18 Å². The highest BCUT2D eigenvalue weighted by molar-refractivity contribution is 6.14. The molecule has 0 N–H and O–H groups in total. The van der Waals surface area contributed by atoms with Crippen molar-refractivity contribution in [3.05, 3.63) is 263 Å². The minimum absolute atomic E-state index is 0.0166. The number of benzene rings is 11. The molecule has 84 heavy (non-hydrogen) atoms. The summed E-state index contributed by atoms with van der Waals surface area (Å²) in [5, 5.41) is 64.9. The fourth-order valence-corrected chi connectivity index (χ4v) is 11.6. The topological polar surface area (TPSA) is 153 Å². The van der Waals surface area contributed by atoms with E-state index in [4.69, 9.17) is 0 Å². The van der Waals surface area contributed by atoms with Crippen molar-refractivity contribution in [3.63, 3.8) is 0 Å². The van der Waals surface area contributed by atoms with Crippen LogP contribution in [0.2, 0.25) is 0 Å². The third-order valence-electron chi connectivity index (χ3n) is 15.5. The third-order valence-corrected chi connectivity index (χ3v) is 15.5. The zero-order valence-corrected chi connectivity index (χ0v) is 44.1. The normalized spacial score (nSPS) is 11.2. The number of hydrogen-bond acceptors (Lipinski definition) is 6. The van der Waals surface area contributed by atoms with Gasteiger partial charge in [-0.2, -0.15) is 44.7 Å². The van der Waals surface area contributed by atoms with Crippen molar-refractivity contribution < 1.29 is 13.2 Å². The molecule has 0 aliphatic rings. The second-order valence-corrected chi connectivity index (χ2v) is 20.3. The smallest absolute Gasteiger partial charge is 0.309 e. The van der Waals surface area contributed by atoms with Gasteiger partial charge in [-0.1, -0.05) is 84.9 Å². The molecule has 0 fully saturated rings. The monoisotopic (exact) mass is 1080 g/mol. The number of rotatable bonds is 8. The van der Waals surface area contributed by atoms with E-state index in [0.717, 1.165) is 100 Å². The van der Waals surface area contributed by atoms with Gasteiger partial charge in [-0.15, -0.1) is 0 Å². The van der Waals surface area contributed by atoms with Gasteiger partial charge in [0.2, 0.25) is 0 Å². The van der Waals surface area contributed by atoms with E-state index in [0.29, 0.717) is 50.3 Å². The lowest BCUT2D eigenvalue weighted by molar-refractivity contribution is -0.137. The van der Waals surface area contributed by atoms with Crippen LogP contribution in [0.5, 0.6) is 0 Å². The lowest BCUT2D eigenvalue weighted by Crippen LogP contribution is -2.06. The fraction of sp³-hybridized carbons (Fsp3) is 0.0137.